The molecule has 2 aromatic carbocycles. The quantitative estimate of drug-likeness (QED) is 0.590. The molecule has 0 aliphatic carbocycles. The molecule has 21 heavy (non-hydrogen) atoms. The van der Waals surface area contributed by atoms with E-state index < -0.39 is 0 Å². The number of hydrazine groups is 1. The van der Waals surface area contributed by atoms with E-state index in [0.717, 1.165) is 16.8 Å². The molecule has 0 aromatic heterocycles. The molecule has 0 aliphatic rings. The van der Waals surface area contributed by atoms with Crippen LogP contribution in [-0.4, -0.2) is 5.11 Å². The Bertz CT molecular complexity index is 671. The van der Waals surface area contributed by atoms with E-state index in [0.29, 0.717) is 16.4 Å². The molecule has 3 nitrogen and oxygen atoms in total. The van der Waals surface area contributed by atoms with Crippen LogP contribution in [0.2, 0.25) is 0 Å². The minimum atomic E-state index is -0.259. The van der Waals surface area contributed by atoms with Crippen molar-refractivity contribution in [3.8, 4) is 0 Å². The first kappa shape index (κ1) is 15.3. The first-order chi connectivity index (χ1) is 9.95. The van der Waals surface area contributed by atoms with E-state index in [9.17, 15) is 4.39 Å². The third-order valence-electron chi connectivity index (χ3n) is 3.13. The van der Waals surface area contributed by atoms with Crippen molar-refractivity contribution in [2.24, 2.45) is 0 Å². The van der Waals surface area contributed by atoms with E-state index >= 15 is 0 Å². The molecule has 0 aliphatic heterocycles. The lowest BCUT2D eigenvalue weighted by molar-refractivity contribution is 0.619. The van der Waals surface area contributed by atoms with Crippen LogP contribution in [0.4, 0.5) is 15.8 Å². The predicted molar refractivity (Wildman–Crippen MR) is 90.0 cm³/mol. The summed E-state index contributed by atoms with van der Waals surface area (Å²) in [4.78, 5) is 0. The van der Waals surface area contributed by atoms with E-state index in [-0.39, 0.29) is 5.82 Å². The lowest BCUT2D eigenvalue weighted by Crippen LogP contribution is -2.33. The number of aryl methyl sites for hydroxylation is 3. The Morgan fingerprint density at radius 3 is 2.43 bits per heavy atom. The van der Waals surface area contributed by atoms with Gasteiger partial charge in [0.05, 0.1) is 5.69 Å². The van der Waals surface area contributed by atoms with Gasteiger partial charge in [0.1, 0.15) is 5.82 Å². The van der Waals surface area contributed by atoms with Crippen molar-refractivity contribution in [3.63, 3.8) is 0 Å². The zero-order valence-electron chi connectivity index (χ0n) is 12.3. The molecule has 0 atom stereocenters. The van der Waals surface area contributed by atoms with Crippen LogP contribution in [0.25, 0.3) is 0 Å². The summed E-state index contributed by atoms with van der Waals surface area (Å²) in [6, 6.07) is 11.0. The van der Waals surface area contributed by atoms with Crippen LogP contribution in [-0.2, 0) is 0 Å². The molecule has 2 rings (SSSR count). The smallest absolute Gasteiger partial charge is 0.189 e. The summed E-state index contributed by atoms with van der Waals surface area (Å²) in [5, 5.41) is 3.31. The highest BCUT2D eigenvalue weighted by Crippen LogP contribution is 2.16. The van der Waals surface area contributed by atoms with Gasteiger partial charge in [-0.15, -0.1) is 0 Å². The first-order valence-electron chi connectivity index (χ1n) is 6.62. The Hall–Kier alpha value is -2.14. The van der Waals surface area contributed by atoms with E-state index in [4.69, 9.17) is 12.2 Å². The van der Waals surface area contributed by atoms with Gasteiger partial charge in [-0.3, -0.25) is 10.9 Å². The number of hydrogen-bond donors (Lipinski definition) is 3. The molecule has 0 saturated heterocycles. The number of anilines is 2. The molecular weight excluding hydrogens is 285 g/mol. The summed E-state index contributed by atoms with van der Waals surface area (Å²) < 4.78 is 13.5. The fourth-order valence-electron chi connectivity index (χ4n) is 1.83. The lowest BCUT2D eigenvalue weighted by atomic mass is 10.1. The van der Waals surface area contributed by atoms with Crippen molar-refractivity contribution in [2.45, 2.75) is 20.8 Å². The minimum Gasteiger partial charge on any atom is -0.331 e. The van der Waals surface area contributed by atoms with Gasteiger partial charge in [-0.2, -0.15) is 0 Å². The largest absolute Gasteiger partial charge is 0.331 e. The van der Waals surface area contributed by atoms with Gasteiger partial charge in [0.25, 0.3) is 0 Å². The van der Waals surface area contributed by atoms with Crippen LogP contribution in [0, 0.1) is 26.6 Å². The number of halogens is 1. The standard InChI is InChI=1S/C16H18FN3S/c1-10-4-5-12(3)15(8-10)19-20-16(21)18-13-7-6-11(2)14(17)9-13/h4-9,19H,1-3H3,(H2,18,20,21). The monoisotopic (exact) mass is 303 g/mol. The Kier molecular flexibility index (Phi) is 4.75. The van der Waals surface area contributed by atoms with Crippen LogP contribution in [0.5, 0.6) is 0 Å². The van der Waals surface area contributed by atoms with E-state index in [1.54, 1.807) is 19.1 Å². The molecule has 0 unspecified atom stereocenters. The Morgan fingerprint density at radius 2 is 1.71 bits per heavy atom. The van der Waals surface area contributed by atoms with Crippen LogP contribution in [0.3, 0.4) is 0 Å². The van der Waals surface area contributed by atoms with Gasteiger partial charge in [-0.1, -0.05) is 18.2 Å². The maximum atomic E-state index is 13.5. The normalized spacial score (nSPS) is 10.1. The molecule has 0 spiro atoms. The number of thiocarbonyl (C=S) groups is 1. The summed E-state index contributed by atoms with van der Waals surface area (Å²) in [6.45, 7) is 5.75. The summed E-state index contributed by atoms with van der Waals surface area (Å²) >= 11 is 5.18. The second-order valence-electron chi connectivity index (χ2n) is 4.99. The first-order valence-corrected chi connectivity index (χ1v) is 7.03. The van der Waals surface area contributed by atoms with Crippen LogP contribution >= 0.6 is 12.2 Å². The van der Waals surface area contributed by atoms with Crippen molar-refractivity contribution < 1.29 is 4.39 Å². The minimum absolute atomic E-state index is 0.259. The van der Waals surface area contributed by atoms with Gasteiger partial charge in [0.15, 0.2) is 5.11 Å². The lowest BCUT2D eigenvalue weighted by Gasteiger charge is -2.15. The molecule has 0 amide bonds. The molecular formula is C16H18FN3S. The second kappa shape index (κ2) is 6.54. The summed E-state index contributed by atoms with van der Waals surface area (Å²) in [5.41, 5.74) is 10.4. The molecule has 2 aromatic rings. The van der Waals surface area contributed by atoms with Crippen molar-refractivity contribution >= 4 is 28.7 Å². The van der Waals surface area contributed by atoms with Crippen molar-refractivity contribution in [3.05, 3.63) is 58.9 Å². The fourth-order valence-corrected chi connectivity index (χ4v) is 2.00. The summed E-state index contributed by atoms with van der Waals surface area (Å²) in [5.74, 6) is -0.259. The molecule has 5 heteroatoms. The number of rotatable bonds is 3. The molecule has 0 saturated carbocycles. The maximum Gasteiger partial charge on any atom is 0.189 e. The highest BCUT2D eigenvalue weighted by atomic mass is 32.1. The number of benzene rings is 2. The van der Waals surface area contributed by atoms with Crippen molar-refractivity contribution in [2.75, 3.05) is 10.7 Å². The molecule has 0 radical (unpaired) electrons. The van der Waals surface area contributed by atoms with Crippen molar-refractivity contribution in [1.29, 1.82) is 0 Å². The average molecular weight is 303 g/mol. The van der Waals surface area contributed by atoms with Gasteiger partial charge in [0.2, 0.25) is 0 Å². The highest BCUT2D eigenvalue weighted by molar-refractivity contribution is 7.80. The SMILES string of the molecule is Cc1ccc(C)c(NNC(=S)Nc2ccc(C)c(F)c2)c1. The van der Waals surface area contributed by atoms with Gasteiger partial charge in [-0.05, 0) is 67.9 Å². The van der Waals surface area contributed by atoms with E-state index in [1.807, 2.05) is 32.0 Å². The number of nitrogens with one attached hydrogen (secondary N) is 3. The Morgan fingerprint density at radius 1 is 1.00 bits per heavy atom. The average Bonchev–Trinajstić information content (AvgIpc) is 2.44. The third-order valence-corrected chi connectivity index (χ3v) is 3.34. The number of hydrogen-bond acceptors (Lipinski definition) is 2. The van der Waals surface area contributed by atoms with Crippen LogP contribution in [0.15, 0.2) is 36.4 Å². The summed E-state index contributed by atoms with van der Waals surface area (Å²) in [7, 11) is 0. The topological polar surface area (TPSA) is 36.1 Å². The van der Waals surface area contributed by atoms with Gasteiger partial charge < -0.3 is 5.32 Å². The van der Waals surface area contributed by atoms with E-state index in [1.165, 1.54) is 6.07 Å². The second-order valence-corrected chi connectivity index (χ2v) is 5.39. The van der Waals surface area contributed by atoms with Crippen LogP contribution < -0.4 is 16.2 Å². The molecule has 3 N–H and O–H groups in total. The van der Waals surface area contributed by atoms with Gasteiger partial charge >= 0.3 is 0 Å². The molecule has 0 fully saturated rings. The Labute approximate surface area is 129 Å². The summed E-state index contributed by atoms with van der Waals surface area (Å²) in [6.07, 6.45) is 0. The maximum absolute atomic E-state index is 13.5. The van der Waals surface area contributed by atoms with Gasteiger partial charge in [-0.25, -0.2) is 4.39 Å². The molecule has 0 heterocycles. The fraction of sp³-hybridized carbons (Fsp3) is 0.188. The van der Waals surface area contributed by atoms with E-state index in [2.05, 4.69) is 16.2 Å². The van der Waals surface area contributed by atoms with Crippen LogP contribution in [0.1, 0.15) is 16.7 Å². The third kappa shape index (κ3) is 4.16. The Balaban J connectivity index is 1.95. The molecule has 0 bridgehead atoms. The highest BCUT2D eigenvalue weighted by Gasteiger charge is 2.02. The van der Waals surface area contributed by atoms with Gasteiger partial charge in [0, 0.05) is 5.69 Å². The molecule has 110 valence electrons. The zero-order chi connectivity index (χ0) is 15.4. The zero-order valence-corrected chi connectivity index (χ0v) is 13.1. The van der Waals surface area contributed by atoms with Crippen molar-refractivity contribution in [1.82, 2.24) is 5.43 Å². The predicted octanol–water partition coefficient (Wildman–Crippen LogP) is 4.06.